The predicted octanol–water partition coefficient (Wildman–Crippen LogP) is 2.23. The zero-order valence-electron chi connectivity index (χ0n) is 5.58. The van der Waals surface area contributed by atoms with Crippen molar-refractivity contribution in [2.45, 2.75) is 0 Å². The monoisotopic (exact) mass is 235 g/mol. The second-order valence-electron chi connectivity index (χ2n) is 1.90. The summed E-state index contributed by atoms with van der Waals surface area (Å²) < 4.78 is -0.118. The highest BCUT2D eigenvalue weighted by atomic mass is 79.9. The number of benzene rings is 1. The number of nitrogen functional groups attached to an aromatic ring is 1. The standard InChI is InChI=1S/C7H6BrNO.ClH/c8-7(10)5-1-3-6(9)4-2-5;/h1-4H,9H2;1H. The summed E-state index contributed by atoms with van der Waals surface area (Å²) in [6, 6.07) is 6.72. The van der Waals surface area contributed by atoms with E-state index in [0.717, 1.165) is 0 Å². The van der Waals surface area contributed by atoms with Gasteiger partial charge in [-0.05, 0) is 40.2 Å². The quantitative estimate of drug-likeness (QED) is 0.600. The second kappa shape index (κ2) is 4.36. The molecule has 0 spiro atoms. The Morgan fingerprint density at radius 3 is 2.09 bits per heavy atom. The van der Waals surface area contributed by atoms with Gasteiger partial charge in [-0.3, -0.25) is 4.79 Å². The van der Waals surface area contributed by atoms with Gasteiger partial charge in [0.2, 0.25) is 4.69 Å². The smallest absolute Gasteiger partial charge is 0.228 e. The first-order valence-electron chi connectivity index (χ1n) is 2.75. The maximum Gasteiger partial charge on any atom is 0.228 e. The Labute approximate surface area is 79.3 Å². The van der Waals surface area contributed by atoms with Gasteiger partial charge in [-0.15, -0.1) is 12.4 Å². The molecule has 0 heterocycles. The lowest BCUT2D eigenvalue weighted by molar-refractivity contribution is 0.109. The van der Waals surface area contributed by atoms with Crippen LogP contribution in [0.5, 0.6) is 0 Å². The van der Waals surface area contributed by atoms with Crippen molar-refractivity contribution in [3.05, 3.63) is 29.8 Å². The molecule has 0 saturated carbocycles. The fourth-order valence-electron chi connectivity index (χ4n) is 0.614. The third-order valence-electron chi connectivity index (χ3n) is 1.14. The molecular formula is C7H7BrClNO. The van der Waals surface area contributed by atoms with Crippen molar-refractivity contribution in [3.8, 4) is 0 Å². The average Bonchev–Trinajstić information content (AvgIpc) is 1.88. The van der Waals surface area contributed by atoms with Crippen LogP contribution in [0.3, 0.4) is 0 Å². The van der Waals surface area contributed by atoms with E-state index < -0.39 is 0 Å². The van der Waals surface area contributed by atoms with Gasteiger partial charge in [-0.25, -0.2) is 0 Å². The van der Waals surface area contributed by atoms with Gasteiger partial charge < -0.3 is 5.73 Å². The molecule has 2 nitrogen and oxygen atoms in total. The van der Waals surface area contributed by atoms with Crippen LogP contribution in [-0.2, 0) is 0 Å². The Balaban J connectivity index is 0.000001000. The summed E-state index contributed by atoms with van der Waals surface area (Å²) in [5.74, 6) is 0. The summed E-state index contributed by atoms with van der Waals surface area (Å²) in [7, 11) is 0. The van der Waals surface area contributed by atoms with Crippen LogP contribution < -0.4 is 5.73 Å². The van der Waals surface area contributed by atoms with Gasteiger partial charge in [0.25, 0.3) is 0 Å². The van der Waals surface area contributed by atoms with Crippen LogP contribution in [0.2, 0.25) is 0 Å². The van der Waals surface area contributed by atoms with Crippen molar-refractivity contribution in [3.63, 3.8) is 0 Å². The number of hydrogen-bond donors (Lipinski definition) is 1. The molecule has 0 aliphatic carbocycles. The minimum atomic E-state index is -0.118. The van der Waals surface area contributed by atoms with Gasteiger partial charge in [0.15, 0.2) is 0 Å². The fourth-order valence-corrected chi connectivity index (χ4v) is 0.878. The number of nitrogens with two attached hydrogens (primary N) is 1. The molecule has 0 unspecified atom stereocenters. The first-order valence-corrected chi connectivity index (χ1v) is 3.55. The van der Waals surface area contributed by atoms with E-state index >= 15 is 0 Å². The van der Waals surface area contributed by atoms with Gasteiger partial charge in [-0.2, -0.15) is 0 Å². The number of rotatable bonds is 1. The van der Waals surface area contributed by atoms with E-state index in [0.29, 0.717) is 11.3 Å². The van der Waals surface area contributed by atoms with Crippen molar-refractivity contribution in [2.24, 2.45) is 0 Å². The van der Waals surface area contributed by atoms with E-state index in [9.17, 15) is 4.79 Å². The molecule has 1 aromatic carbocycles. The lowest BCUT2D eigenvalue weighted by Gasteiger charge is -1.93. The lowest BCUT2D eigenvalue weighted by Crippen LogP contribution is -1.88. The molecular weight excluding hydrogens is 229 g/mol. The molecule has 2 N–H and O–H groups in total. The van der Waals surface area contributed by atoms with Crippen LogP contribution in [0.15, 0.2) is 24.3 Å². The maximum absolute atomic E-state index is 10.6. The molecule has 4 heteroatoms. The highest BCUT2D eigenvalue weighted by Crippen LogP contribution is 2.08. The minimum absolute atomic E-state index is 0. The van der Waals surface area contributed by atoms with Crippen LogP contribution in [-0.4, -0.2) is 4.69 Å². The van der Waals surface area contributed by atoms with Crippen LogP contribution >= 0.6 is 28.3 Å². The fraction of sp³-hybridized carbons (Fsp3) is 0. The van der Waals surface area contributed by atoms with E-state index in [1.807, 2.05) is 0 Å². The van der Waals surface area contributed by atoms with Crippen molar-refractivity contribution < 1.29 is 4.79 Å². The van der Waals surface area contributed by atoms with Crippen LogP contribution in [0.1, 0.15) is 10.4 Å². The summed E-state index contributed by atoms with van der Waals surface area (Å²) in [6.07, 6.45) is 0. The Kier molecular flexibility index (Phi) is 4.15. The number of halogens is 2. The Morgan fingerprint density at radius 2 is 1.73 bits per heavy atom. The van der Waals surface area contributed by atoms with Crippen molar-refractivity contribution in [1.29, 1.82) is 0 Å². The molecule has 0 aromatic heterocycles. The summed E-state index contributed by atoms with van der Waals surface area (Å²) in [5.41, 5.74) is 6.68. The Morgan fingerprint density at radius 1 is 1.27 bits per heavy atom. The molecule has 60 valence electrons. The predicted molar refractivity (Wildman–Crippen MR) is 51.4 cm³/mol. The van der Waals surface area contributed by atoms with E-state index in [1.54, 1.807) is 24.3 Å². The van der Waals surface area contributed by atoms with Crippen molar-refractivity contribution >= 4 is 38.7 Å². The molecule has 0 aliphatic rings. The molecule has 0 radical (unpaired) electrons. The summed E-state index contributed by atoms with van der Waals surface area (Å²) in [6.45, 7) is 0. The van der Waals surface area contributed by atoms with Gasteiger partial charge in [-0.1, -0.05) is 0 Å². The molecule has 1 aromatic rings. The van der Waals surface area contributed by atoms with Gasteiger partial charge >= 0.3 is 0 Å². The normalized spacial score (nSPS) is 8.45. The second-order valence-corrected chi connectivity index (χ2v) is 2.62. The van der Waals surface area contributed by atoms with E-state index in [-0.39, 0.29) is 17.1 Å². The largest absolute Gasteiger partial charge is 0.399 e. The van der Waals surface area contributed by atoms with Gasteiger partial charge in [0.1, 0.15) is 0 Å². The summed E-state index contributed by atoms with van der Waals surface area (Å²) >= 11 is 2.83. The molecule has 0 fully saturated rings. The number of hydrogen-bond acceptors (Lipinski definition) is 2. The molecule has 0 aliphatic heterocycles. The SMILES string of the molecule is Cl.Nc1ccc(C(=O)Br)cc1. The Bertz CT molecular complexity index is 247. The zero-order chi connectivity index (χ0) is 7.56. The average molecular weight is 236 g/mol. The van der Waals surface area contributed by atoms with Crippen LogP contribution in [0.4, 0.5) is 5.69 Å². The highest BCUT2D eigenvalue weighted by molar-refractivity contribution is 9.18. The van der Waals surface area contributed by atoms with Crippen LogP contribution in [0.25, 0.3) is 0 Å². The minimum Gasteiger partial charge on any atom is -0.399 e. The molecule has 0 atom stereocenters. The molecule has 0 saturated heterocycles. The summed E-state index contributed by atoms with van der Waals surface area (Å²) in [5, 5.41) is 0. The lowest BCUT2D eigenvalue weighted by atomic mass is 10.2. The van der Waals surface area contributed by atoms with Crippen molar-refractivity contribution in [1.82, 2.24) is 0 Å². The van der Waals surface area contributed by atoms with E-state index in [1.165, 1.54) is 0 Å². The first-order chi connectivity index (χ1) is 4.70. The maximum atomic E-state index is 10.6. The topological polar surface area (TPSA) is 43.1 Å². The Hall–Kier alpha value is -0.540. The highest BCUT2D eigenvalue weighted by Gasteiger charge is 1.97. The third-order valence-corrected chi connectivity index (χ3v) is 1.60. The number of anilines is 1. The summed E-state index contributed by atoms with van der Waals surface area (Å²) in [4.78, 5) is 10.6. The van der Waals surface area contributed by atoms with E-state index in [4.69, 9.17) is 5.73 Å². The zero-order valence-corrected chi connectivity index (χ0v) is 7.98. The number of carbonyl (C=O) groups is 1. The van der Waals surface area contributed by atoms with Crippen LogP contribution in [0, 0.1) is 0 Å². The molecule has 0 bridgehead atoms. The molecule has 1 rings (SSSR count). The van der Waals surface area contributed by atoms with E-state index in [2.05, 4.69) is 15.9 Å². The number of carbonyl (C=O) groups excluding carboxylic acids is 1. The molecule has 0 amide bonds. The van der Waals surface area contributed by atoms with Gasteiger partial charge in [0, 0.05) is 11.3 Å². The first kappa shape index (κ1) is 10.5. The van der Waals surface area contributed by atoms with Gasteiger partial charge in [0.05, 0.1) is 0 Å². The van der Waals surface area contributed by atoms with Crippen molar-refractivity contribution in [2.75, 3.05) is 5.73 Å². The third kappa shape index (κ3) is 2.91. The molecule has 11 heavy (non-hydrogen) atoms.